The van der Waals surface area contributed by atoms with E-state index in [9.17, 15) is 5.11 Å². The summed E-state index contributed by atoms with van der Waals surface area (Å²) >= 11 is 0. The minimum atomic E-state index is 0.00545. The van der Waals surface area contributed by atoms with Gasteiger partial charge in [-0.05, 0) is 37.6 Å². The molecule has 1 aromatic carbocycles. The molecule has 0 saturated heterocycles. The highest BCUT2D eigenvalue weighted by atomic mass is 16.3. The third kappa shape index (κ3) is 2.51. The smallest absolute Gasteiger partial charge is 0.138 e. The fraction of sp³-hybridized carbons (Fsp3) is 0.267. The lowest BCUT2D eigenvalue weighted by molar-refractivity contribution is 0.282. The van der Waals surface area contributed by atoms with Crippen molar-refractivity contribution in [3.63, 3.8) is 0 Å². The molecule has 0 aliphatic rings. The lowest BCUT2D eigenvalue weighted by atomic mass is 10.2. The topological polar surface area (TPSA) is 36.4 Å². The first-order chi connectivity index (χ1) is 8.76. The van der Waals surface area contributed by atoms with Crippen molar-refractivity contribution in [2.75, 3.05) is 11.4 Å². The van der Waals surface area contributed by atoms with Crippen LogP contribution in [0.5, 0.6) is 0 Å². The largest absolute Gasteiger partial charge is 0.392 e. The van der Waals surface area contributed by atoms with Gasteiger partial charge >= 0.3 is 0 Å². The van der Waals surface area contributed by atoms with Gasteiger partial charge in [-0.2, -0.15) is 0 Å². The average molecular weight is 242 g/mol. The maximum Gasteiger partial charge on any atom is 0.138 e. The summed E-state index contributed by atoms with van der Waals surface area (Å²) in [6, 6.07) is 12.0. The number of pyridine rings is 1. The standard InChI is InChI=1S/C15H18N2O/c1-3-17(14-8-4-6-12(2)10-14)15-13(11-18)7-5-9-16-15/h4-10,18H,3,11H2,1-2H3. The van der Waals surface area contributed by atoms with E-state index in [-0.39, 0.29) is 6.61 Å². The number of aliphatic hydroxyl groups is 1. The highest BCUT2D eigenvalue weighted by Crippen LogP contribution is 2.26. The SMILES string of the molecule is CCN(c1cccc(C)c1)c1ncccc1CO. The van der Waals surface area contributed by atoms with E-state index in [0.717, 1.165) is 23.6 Å². The van der Waals surface area contributed by atoms with Gasteiger partial charge in [0.2, 0.25) is 0 Å². The first-order valence-electron chi connectivity index (χ1n) is 6.15. The predicted octanol–water partition coefficient (Wildman–Crippen LogP) is 3.04. The third-order valence-corrected chi connectivity index (χ3v) is 2.92. The Balaban J connectivity index is 2.45. The zero-order valence-corrected chi connectivity index (χ0v) is 10.8. The Morgan fingerprint density at radius 2 is 2.06 bits per heavy atom. The second-order valence-corrected chi connectivity index (χ2v) is 4.23. The number of aliphatic hydroxyl groups excluding tert-OH is 1. The van der Waals surface area contributed by atoms with Gasteiger partial charge in [-0.1, -0.05) is 18.2 Å². The summed E-state index contributed by atoms with van der Waals surface area (Å²) in [4.78, 5) is 6.50. The molecule has 0 radical (unpaired) electrons. The van der Waals surface area contributed by atoms with Gasteiger partial charge in [-0.15, -0.1) is 0 Å². The summed E-state index contributed by atoms with van der Waals surface area (Å²) < 4.78 is 0. The molecule has 0 saturated carbocycles. The number of aryl methyl sites for hydroxylation is 1. The fourth-order valence-corrected chi connectivity index (χ4v) is 2.05. The molecule has 0 unspecified atom stereocenters. The van der Waals surface area contributed by atoms with E-state index in [2.05, 4.69) is 41.9 Å². The summed E-state index contributed by atoms with van der Waals surface area (Å²) in [5.74, 6) is 0.827. The number of rotatable bonds is 4. The van der Waals surface area contributed by atoms with Crippen molar-refractivity contribution in [3.8, 4) is 0 Å². The van der Waals surface area contributed by atoms with Crippen LogP contribution in [0.2, 0.25) is 0 Å². The van der Waals surface area contributed by atoms with Gasteiger partial charge in [0.25, 0.3) is 0 Å². The van der Waals surface area contributed by atoms with Crippen LogP contribution in [0.25, 0.3) is 0 Å². The van der Waals surface area contributed by atoms with Crippen LogP contribution < -0.4 is 4.90 Å². The van der Waals surface area contributed by atoms with Crippen LogP contribution in [0.4, 0.5) is 11.5 Å². The van der Waals surface area contributed by atoms with Crippen molar-refractivity contribution in [1.82, 2.24) is 4.98 Å². The van der Waals surface area contributed by atoms with Crippen LogP contribution in [0.3, 0.4) is 0 Å². The van der Waals surface area contributed by atoms with Crippen molar-refractivity contribution in [1.29, 1.82) is 0 Å². The van der Waals surface area contributed by atoms with Crippen LogP contribution in [-0.4, -0.2) is 16.6 Å². The Morgan fingerprint density at radius 1 is 1.22 bits per heavy atom. The van der Waals surface area contributed by atoms with Gasteiger partial charge < -0.3 is 10.0 Å². The Bertz CT molecular complexity index is 525. The third-order valence-electron chi connectivity index (χ3n) is 2.92. The van der Waals surface area contributed by atoms with Crippen molar-refractivity contribution in [2.45, 2.75) is 20.5 Å². The monoisotopic (exact) mass is 242 g/mol. The highest BCUT2D eigenvalue weighted by Gasteiger charge is 2.12. The Hall–Kier alpha value is -1.87. The zero-order valence-electron chi connectivity index (χ0n) is 10.8. The van der Waals surface area contributed by atoms with Crippen LogP contribution in [-0.2, 0) is 6.61 Å². The van der Waals surface area contributed by atoms with Crippen LogP contribution in [0.15, 0.2) is 42.6 Å². The lowest BCUT2D eigenvalue weighted by Crippen LogP contribution is -2.19. The summed E-state index contributed by atoms with van der Waals surface area (Å²) in [7, 11) is 0. The van der Waals surface area contributed by atoms with E-state index in [1.165, 1.54) is 5.56 Å². The fourth-order valence-electron chi connectivity index (χ4n) is 2.05. The molecule has 0 amide bonds. The van der Waals surface area contributed by atoms with Crippen LogP contribution in [0, 0.1) is 6.92 Å². The first-order valence-corrected chi connectivity index (χ1v) is 6.15. The highest BCUT2D eigenvalue weighted by molar-refractivity contribution is 5.63. The molecule has 0 atom stereocenters. The molecule has 94 valence electrons. The number of anilines is 2. The number of aromatic nitrogens is 1. The average Bonchev–Trinajstić information content (AvgIpc) is 2.40. The van der Waals surface area contributed by atoms with Crippen LogP contribution >= 0.6 is 0 Å². The molecule has 2 aromatic rings. The summed E-state index contributed by atoms with van der Waals surface area (Å²) in [6.07, 6.45) is 1.76. The molecule has 1 N–H and O–H groups in total. The minimum absolute atomic E-state index is 0.00545. The molecule has 3 heteroatoms. The maximum absolute atomic E-state index is 9.40. The Kier molecular flexibility index (Phi) is 3.95. The van der Waals surface area contributed by atoms with Gasteiger partial charge in [0.1, 0.15) is 5.82 Å². The lowest BCUT2D eigenvalue weighted by Gasteiger charge is -2.24. The van der Waals surface area contributed by atoms with Crippen molar-refractivity contribution >= 4 is 11.5 Å². The molecule has 0 aliphatic carbocycles. The van der Waals surface area contributed by atoms with E-state index in [1.54, 1.807) is 6.20 Å². The molecule has 1 aromatic heterocycles. The zero-order chi connectivity index (χ0) is 13.0. The Morgan fingerprint density at radius 3 is 2.72 bits per heavy atom. The quantitative estimate of drug-likeness (QED) is 0.895. The molecule has 0 spiro atoms. The predicted molar refractivity (Wildman–Crippen MR) is 74.0 cm³/mol. The van der Waals surface area contributed by atoms with E-state index in [1.807, 2.05) is 18.2 Å². The number of nitrogens with zero attached hydrogens (tertiary/aromatic N) is 2. The van der Waals surface area contributed by atoms with E-state index < -0.39 is 0 Å². The molecule has 3 nitrogen and oxygen atoms in total. The van der Waals surface area contributed by atoms with Gasteiger partial charge in [-0.3, -0.25) is 0 Å². The number of benzene rings is 1. The maximum atomic E-state index is 9.40. The first kappa shape index (κ1) is 12.6. The van der Waals surface area contributed by atoms with Crippen molar-refractivity contribution in [2.24, 2.45) is 0 Å². The van der Waals surface area contributed by atoms with Crippen molar-refractivity contribution < 1.29 is 5.11 Å². The molecular weight excluding hydrogens is 224 g/mol. The molecular formula is C15H18N2O. The van der Waals surface area contributed by atoms with Gasteiger partial charge in [-0.25, -0.2) is 4.98 Å². The molecule has 0 fully saturated rings. The molecule has 0 bridgehead atoms. The Labute approximate surface area is 108 Å². The number of hydrogen-bond acceptors (Lipinski definition) is 3. The summed E-state index contributed by atoms with van der Waals surface area (Å²) in [5, 5.41) is 9.40. The van der Waals surface area contributed by atoms with Gasteiger partial charge in [0.15, 0.2) is 0 Å². The van der Waals surface area contributed by atoms with Gasteiger partial charge in [0.05, 0.1) is 6.61 Å². The normalized spacial score (nSPS) is 10.4. The molecule has 18 heavy (non-hydrogen) atoms. The molecule has 0 aliphatic heterocycles. The minimum Gasteiger partial charge on any atom is -0.392 e. The number of hydrogen-bond donors (Lipinski definition) is 1. The van der Waals surface area contributed by atoms with Crippen molar-refractivity contribution in [3.05, 3.63) is 53.7 Å². The molecule has 1 heterocycles. The molecule has 2 rings (SSSR count). The van der Waals surface area contributed by atoms with Crippen LogP contribution in [0.1, 0.15) is 18.1 Å². The van der Waals surface area contributed by atoms with E-state index in [4.69, 9.17) is 0 Å². The second-order valence-electron chi connectivity index (χ2n) is 4.23. The summed E-state index contributed by atoms with van der Waals surface area (Å²) in [5.41, 5.74) is 3.17. The van der Waals surface area contributed by atoms with E-state index >= 15 is 0 Å². The van der Waals surface area contributed by atoms with Gasteiger partial charge in [0, 0.05) is 24.0 Å². The second kappa shape index (κ2) is 5.65. The summed E-state index contributed by atoms with van der Waals surface area (Å²) in [6.45, 7) is 4.97. The van der Waals surface area contributed by atoms with E-state index in [0.29, 0.717) is 0 Å².